The quantitative estimate of drug-likeness (QED) is 0.743. The van der Waals surface area contributed by atoms with Crippen molar-refractivity contribution in [2.75, 3.05) is 13.7 Å². The molecule has 2 aromatic rings. The van der Waals surface area contributed by atoms with E-state index in [1.54, 1.807) is 7.11 Å². The van der Waals surface area contributed by atoms with E-state index in [0.717, 1.165) is 17.4 Å². The highest BCUT2D eigenvalue weighted by Crippen LogP contribution is 2.22. The number of rotatable bonds is 5. The second-order valence-electron chi connectivity index (χ2n) is 4.00. The maximum atomic E-state index is 11.5. The molecule has 0 unspecified atom stereocenters. The first-order valence-electron chi connectivity index (χ1n) is 5.79. The third-order valence-electron chi connectivity index (χ3n) is 2.77. The maximum Gasteiger partial charge on any atom is 0.197 e. The minimum atomic E-state index is 0.0413. The molecule has 90 valence electrons. The van der Waals surface area contributed by atoms with Crippen molar-refractivity contribution in [1.82, 2.24) is 0 Å². The van der Waals surface area contributed by atoms with Gasteiger partial charge in [-0.1, -0.05) is 13.0 Å². The van der Waals surface area contributed by atoms with Crippen molar-refractivity contribution in [3.05, 3.63) is 35.6 Å². The van der Waals surface area contributed by atoms with Gasteiger partial charge in [0, 0.05) is 18.9 Å². The largest absolute Gasteiger partial charge is 0.453 e. The molecule has 0 atom stereocenters. The summed E-state index contributed by atoms with van der Waals surface area (Å²) in [6.45, 7) is 2.53. The van der Waals surface area contributed by atoms with Gasteiger partial charge in [-0.05, 0) is 30.2 Å². The molecule has 0 spiro atoms. The monoisotopic (exact) mass is 232 g/mol. The molecule has 0 aliphatic heterocycles. The fourth-order valence-electron chi connectivity index (χ4n) is 1.78. The molecule has 0 amide bonds. The van der Waals surface area contributed by atoms with E-state index in [0.29, 0.717) is 18.8 Å². The van der Waals surface area contributed by atoms with Gasteiger partial charge < -0.3 is 9.15 Å². The molecule has 0 aliphatic carbocycles. The molecule has 3 nitrogen and oxygen atoms in total. The van der Waals surface area contributed by atoms with E-state index in [9.17, 15) is 4.79 Å². The highest BCUT2D eigenvalue weighted by Gasteiger charge is 2.10. The molecule has 2 rings (SSSR count). The average molecular weight is 232 g/mol. The first-order valence-corrected chi connectivity index (χ1v) is 5.79. The molecule has 0 aliphatic rings. The molecule has 3 heteroatoms. The fourth-order valence-corrected chi connectivity index (χ4v) is 1.78. The lowest BCUT2D eigenvalue weighted by Crippen LogP contribution is -1.93. The standard InChI is InChI=1S/C14H16O3/c1-3-12(15)14-9-11-8-10(6-7-16-2)4-5-13(11)17-14/h4-5,8-9H,3,6-7H2,1-2H3. The lowest BCUT2D eigenvalue weighted by atomic mass is 10.1. The van der Waals surface area contributed by atoms with Gasteiger partial charge in [-0.2, -0.15) is 0 Å². The molecule has 1 aromatic carbocycles. The van der Waals surface area contributed by atoms with Crippen LogP contribution >= 0.6 is 0 Å². The van der Waals surface area contributed by atoms with E-state index < -0.39 is 0 Å². The number of Topliss-reactive ketones (excluding diaryl/α,β-unsaturated/α-hetero) is 1. The Balaban J connectivity index is 2.31. The van der Waals surface area contributed by atoms with Crippen LogP contribution in [0.1, 0.15) is 29.5 Å². The summed E-state index contributed by atoms with van der Waals surface area (Å²) in [6.07, 6.45) is 1.34. The molecule has 0 fully saturated rings. The van der Waals surface area contributed by atoms with Crippen molar-refractivity contribution in [3.63, 3.8) is 0 Å². The van der Waals surface area contributed by atoms with Gasteiger partial charge in [-0.15, -0.1) is 0 Å². The predicted molar refractivity (Wildman–Crippen MR) is 66.4 cm³/mol. The second-order valence-corrected chi connectivity index (χ2v) is 4.00. The Morgan fingerprint density at radius 3 is 2.88 bits per heavy atom. The Morgan fingerprint density at radius 2 is 2.18 bits per heavy atom. The van der Waals surface area contributed by atoms with Gasteiger partial charge in [0.25, 0.3) is 0 Å². The summed E-state index contributed by atoms with van der Waals surface area (Å²) < 4.78 is 10.5. The summed E-state index contributed by atoms with van der Waals surface area (Å²) in [5.74, 6) is 0.492. The van der Waals surface area contributed by atoms with Gasteiger partial charge >= 0.3 is 0 Å². The van der Waals surface area contributed by atoms with Crippen molar-refractivity contribution in [2.24, 2.45) is 0 Å². The zero-order valence-corrected chi connectivity index (χ0v) is 10.2. The molecule has 0 saturated heterocycles. The molecular weight excluding hydrogens is 216 g/mol. The summed E-state index contributed by atoms with van der Waals surface area (Å²) in [6, 6.07) is 7.78. The van der Waals surface area contributed by atoms with Gasteiger partial charge in [-0.3, -0.25) is 4.79 Å². The zero-order valence-electron chi connectivity index (χ0n) is 10.2. The minimum absolute atomic E-state index is 0.0413. The molecular formula is C14H16O3. The van der Waals surface area contributed by atoms with Crippen LogP contribution in [0.4, 0.5) is 0 Å². The Morgan fingerprint density at radius 1 is 1.35 bits per heavy atom. The van der Waals surface area contributed by atoms with Crippen LogP contribution in [-0.4, -0.2) is 19.5 Å². The van der Waals surface area contributed by atoms with E-state index in [-0.39, 0.29) is 5.78 Å². The Bertz CT molecular complexity index is 525. The van der Waals surface area contributed by atoms with Gasteiger partial charge in [0.2, 0.25) is 0 Å². The molecule has 17 heavy (non-hydrogen) atoms. The Hall–Kier alpha value is -1.61. The van der Waals surface area contributed by atoms with Crippen molar-refractivity contribution in [2.45, 2.75) is 19.8 Å². The molecule has 0 saturated carbocycles. The number of fused-ring (bicyclic) bond motifs is 1. The first-order chi connectivity index (χ1) is 8.24. The van der Waals surface area contributed by atoms with Crippen molar-refractivity contribution < 1.29 is 13.9 Å². The van der Waals surface area contributed by atoms with Crippen LogP contribution in [0, 0.1) is 0 Å². The van der Waals surface area contributed by atoms with Crippen LogP contribution < -0.4 is 0 Å². The summed E-state index contributed by atoms with van der Waals surface area (Å²) in [7, 11) is 1.69. The topological polar surface area (TPSA) is 39.4 Å². The normalized spacial score (nSPS) is 10.9. The van der Waals surface area contributed by atoms with E-state index >= 15 is 0 Å². The molecule has 0 N–H and O–H groups in total. The summed E-state index contributed by atoms with van der Waals surface area (Å²) in [5.41, 5.74) is 1.96. The van der Waals surface area contributed by atoms with Crippen LogP contribution in [-0.2, 0) is 11.2 Å². The number of ketones is 1. The molecule has 1 aromatic heterocycles. The van der Waals surface area contributed by atoms with Crippen LogP contribution in [0.5, 0.6) is 0 Å². The van der Waals surface area contributed by atoms with Crippen molar-refractivity contribution in [1.29, 1.82) is 0 Å². The number of furan rings is 1. The summed E-state index contributed by atoms with van der Waals surface area (Å²) in [5, 5.41) is 0.982. The summed E-state index contributed by atoms with van der Waals surface area (Å²) >= 11 is 0. The number of hydrogen-bond acceptors (Lipinski definition) is 3. The lowest BCUT2D eigenvalue weighted by molar-refractivity contribution is 0.0963. The third-order valence-corrected chi connectivity index (χ3v) is 2.77. The molecule has 0 radical (unpaired) electrons. The molecule has 0 bridgehead atoms. The van der Waals surface area contributed by atoms with E-state index in [1.807, 2.05) is 31.2 Å². The molecule has 1 heterocycles. The number of carbonyl (C=O) groups excluding carboxylic acids is 1. The average Bonchev–Trinajstić information content (AvgIpc) is 2.78. The van der Waals surface area contributed by atoms with Gasteiger partial charge in [0.1, 0.15) is 5.58 Å². The van der Waals surface area contributed by atoms with Crippen molar-refractivity contribution in [3.8, 4) is 0 Å². The number of carbonyl (C=O) groups is 1. The SMILES string of the molecule is CCC(=O)c1cc2cc(CCOC)ccc2o1. The number of methoxy groups -OCH3 is 1. The van der Waals surface area contributed by atoms with Crippen LogP contribution in [0.25, 0.3) is 11.0 Å². The smallest absolute Gasteiger partial charge is 0.197 e. The lowest BCUT2D eigenvalue weighted by Gasteiger charge is -1.99. The fraction of sp³-hybridized carbons (Fsp3) is 0.357. The van der Waals surface area contributed by atoms with Gasteiger partial charge in [-0.25, -0.2) is 0 Å². The Labute approximate surface area is 100 Å². The minimum Gasteiger partial charge on any atom is -0.453 e. The number of hydrogen-bond donors (Lipinski definition) is 0. The zero-order chi connectivity index (χ0) is 12.3. The van der Waals surface area contributed by atoms with Crippen LogP contribution in [0.2, 0.25) is 0 Å². The number of benzene rings is 1. The summed E-state index contributed by atoms with van der Waals surface area (Å²) in [4.78, 5) is 11.5. The van der Waals surface area contributed by atoms with Crippen LogP contribution in [0.15, 0.2) is 28.7 Å². The number of ether oxygens (including phenoxy) is 1. The highest BCUT2D eigenvalue weighted by atomic mass is 16.5. The predicted octanol–water partition coefficient (Wildman–Crippen LogP) is 3.21. The second kappa shape index (κ2) is 5.15. The van der Waals surface area contributed by atoms with Gasteiger partial charge in [0.15, 0.2) is 11.5 Å². The van der Waals surface area contributed by atoms with E-state index in [2.05, 4.69) is 0 Å². The van der Waals surface area contributed by atoms with Crippen LogP contribution in [0.3, 0.4) is 0 Å². The maximum absolute atomic E-state index is 11.5. The first kappa shape index (κ1) is 11.9. The van der Waals surface area contributed by atoms with Gasteiger partial charge in [0.05, 0.1) is 6.61 Å². The highest BCUT2D eigenvalue weighted by molar-refractivity contribution is 5.97. The van der Waals surface area contributed by atoms with E-state index in [4.69, 9.17) is 9.15 Å². The Kier molecular flexibility index (Phi) is 3.59. The third kappa shape index (κ3) is 2.56. The van der Waals surface area contributed by atoms with E-state index in [1.165, 1.54) is 5.56 Å². The van der Waals surface area contributed by atoms with Crippen molar-refractivity contribution >= 4 is 16.8 Å².